The second-order valence-electron chi connectivity index (χ2n) is 6.51. The van der Waals surface area contributed by atoms with Gasteiger partial charge in [-0.1, -0.05) is 47.1 Å². The van der Waals surface area contributed by atoms with Crippen LogP contribution in [0.15, 0.2) is 47.1 Å². The van der Waals surface area contributed by atoms with Crippen LogP contribution in [0, 0.1) is 5.92 Å². The molecule has 1 nitrogen and oxygen atoms in total. The van der Waals surface area contributed by atoms with E-state index in [1.807, 2.05) is 6.92 Å². The van der Waals surface area contributed by atoms with Crippen molar-refractivity contribution in [2.45, 2.75) is 66.2 Å². The second-order valence-corrected chi connectivity index (χ2v) is 6.51. The van der Waals surface area contributed by atoms with Gasteiger partial charge in [0.05, 0.1) is 0 Å². The molecule has 0 fully saturated rings. The molecule has 0 aromatic rings. The number of carbonyl (C=O) groups excluding carboxylic acids is 1. The van der Waals surface area contributed by atoms with Gasteiger partial charge in [0.25, 0.3) is 0 Å². The number of Topliss-reactive ketones (excluding diaryl/α,β-unsaturated/α-hetero) is 1. The van der Waals surface area contributed by atoms with Crippen molar-refractivity contribution in [1.29, 1.82) is 0 Å². The number of rotatable bonds is 1. The molecule has 0 heterocycles. The van der Waals surface area contributed by atoms with Gasteiger partial charge in [0.1, 0.15) is 5.78 Å². The molecule has 116 valence electrons. The zero-order valence-corrected chi connectivity index (χ0v) is 14.2. The lowest BCUT2D eigenvalue weighted by molar-refractivity contribution is -0.121. The van der Waals surface area contributed by atoms with Crippen molar-refractivity contribution in [1.82, 2.24) is 0 Å². The van der Waals surface area contributed by atoms with Crippen LogP contribution in [0.3, 0.4) is 0 Å². The number of hydrogen-bond donors (Lipinski definition) is 0. The third-order valence-electron chi connectivity index (χ3n) is 4.20. The van der Waals surface area contributed by atoms with Crippen molar-refractivity contribution >= 4 is 5.78 Å². The molecule has 0 aromatic carbocycles. The van der Waals surface area contributed by atoms with E-state index in [9.17, 15) is 4.79 Å². The van der Waals surface area contributed by atoms with Crippen molar-refractivity contribution in [2.24, 2.45) is 5.92 Å². The summed E-state index contributed by atoms with van der Waals surface area (Å²) in [6, 6.07) is 0. The first-order valence-electron chi connectivity index (χ1n) is 8.05. The number of allylic oxidation sites excluding steroid dienone is 7. The topological polar surface area (TPSA) is 17.1 Å². The van der Waals surface area contributed by atoms with Gasteiger partial charge >= 0.3 is 0 Å². The van der Waals surface area contributed by atoms with Crippen molar-refractivity contribution in [3.63, 3.8) is 0 Å². The van der Waals surface area contributed by atoms with Crippen LogP contribution >= 0.6 is 0 Å². The quantitative estimate of drug-likeness (QED) is 0.545. The molecule has 0 saturated heterocycles. The molecule has 0 N–H and O–H groups in total. The van der Waals surface area contributed by atoms with Gasteiger partial charge < -0.3 is 0 Å². The fraction of sp³-hybridized carbons (Fsp3) is 0.550. The molecular formula is C20H30O. The highest BCUT2D eigenvalue weighted by atomic mass is 16.1. The highest BCUT2D eigenvalue weighted by molar-refractivity contribution is 5.85. The molecule has 0 spiro atoms. The van der Waals surface area contributed by atoms with Crippen LogP contribution < -0.4 is 0 Å². The number of carbonyl (C=O) groups is 1. The van der Waals surface area contributed by atoms with E-state index < -0.39 is 0 Å². The summed E-state index contributed by atoms with van der Waals surface area (Å²) in [5, 5.41) is 0. The lowest BCUT2D eigenvalue weighted by Gasteiger charge is -2.15. The van der Waals surface area contributed by atoms with Crippen molar-refractivity contribution in [3.8, 4) is 0 Å². The molecule has 1 heteroatoms. The zero-order valence-electron chi connectivity index (χ0n) is 14.2. The molecule has 1 aliphatic rings. The van der Waals surface area contributed by atoms with Crippen LogP contribution in [0.5, 0.6) is 0 Å². The summed E-state index contributed by atoms with van der Waals surface area (Å²) < 4.78 is 0. The first kappa shape index (κ1) is 17.7. The summed E-state index contributed by atoms with van der Waals surface area (Å²) in [5.41, 5.74) is 5.01. The molecule has 0 radical (unpaired) electrons. The normalized spacial score (nSPS) is 22.8. The Morgan fingerprint density at radius 3 is 2.10 bits per heavy atom. The SMILES string of the molecule is C=C(C)C1CC=C(C)CCC=C(C)CCC=C(C)CC1=O. The highest BCUT2D eigenvalue weighted by Crippen LogP contribution is 2.22. The summed E-state index contributed by atoms with van der Waals surface area (Å²) in [5.74, 6) is 0.285. The van der Waals surface area contributed by atoms with Crippen LogP contribution in [0.4, 0.5) is 0 Å². The maximum atomic E-state index is 12.5. The zero-order chi connectivity index (χ0) is 15.8. The minimum atomic E-state index is -0.0245. The molecule has 0 aliphatic heterocycles. The van der Waals surface area contributed by atoms with Gasteiger partial charge in [-0.15, -0.1) is 0 Å². The van der Waals surface area contributed by atoms with Gasteiger partial charge in [0.15, 0.2) is 0 Å². The molecule has 0 aromatic heterocycles. The van der Waals surface area contributed by atoms with Crippen molar-refractivity contribution in [2.75, 3.05) is 0 Å². The summed E-state index contributed by atoms with van der Waals surface area (Å²) in [6.07, 6.45) is 12.5. The molecule has 1 unspecified atom stereocenters. The molecule has 1 rings (SSSR count). The third kappa shape index (κ3) is 6.75. The van der Waals surface area contributed by atoms with Gasteiger partial charge in [0, 0.05) is 12.3 Å². The standard InChI is InChI=1S/C20H30O/c1-15(2)19-13-12-17(4)10-6-8-16(3)9-7-11-18(5)14-20(19)21/h8,11-12,19H,1,6-7,9-10,13-14H2,2-5H3. The second kappa shape index (κ2) is 8.81. The van der Waals surface area contributed by atoms with E-state index in [1.165, 1.54) is 16.7 Å². The average Bonchev–Trinajstić information content (AvgIpc) is 2.37. The fourth-order valence-corrected chi connectivity index (χ4v) is 2.69. The smallest absolute Gasteiger partial charge is 0.144 e. The van der Waals surface area contributed by atoms with E-state index in [1.54, 1.807) is 0 Å². The molecular weight excluding hydrogens is 256 g/mol. The Balaban J connectivity index is 2.92. The van der Waals surface area contributed by atoms with Crippen LogP contribution in [-0.4, -0.2) is 5.78 Å². The lowest BCUT2D eigenvalue weighted by atomic mass is 9.88. The van der Waals surface area contributed by atoms with Gasteiger partial charge in [-0.2, -0.15) is 0 Å². The van der Waals surface area contributed by atoms with E-state index in [4.69, 9.17) is 0 Å². The molecule has 1 atom stereocenters. The van der Waals surface area contributed by atoms with Crippen LogP contribution in [0.2, 0.25) is 0 Å². The minimum Gasteiger partial charge on any atom is -0.299 e. The largest absolute Gasteiger partial charge is 0.299 e. The van der Waals surface area contributed by atoms with Crippen LogP contribution in [0.1, 0.15) is 66.2 Å². The monoisotopic (exact) mass is 286 g/mol. The Kier molecular flexibility index (Phi) is 7.42. The first-order valence-corrected chi connectivity index (χ1v) is 8.05. The Labute approximate surface area is 130 Å². The molecule has 0 amide bonds. The summed E-state index contributed by atoms with van der Waals surface area (Å²) in [4.78, 5) is 12.5. The highest BCUT2D eigenvalue weighted by Gasteiger charge is 2.18. The molecule has 1 aliphatic carbocycles. The Hall–Kier alpha value is -1.37. The van der Waals surface area contributed by atoms with Gasteiger partial charge in [0.2, 0.25) is 0 Å². The lowest BCUT2D eigenvalue weighted by Crippen LogP contribution is -2.15. The number of ketones is 1. The van der Waals surface area contributed by atoms with E-state index in [2.05, 4.69) is 45.6 Å². The third-order valence-corrected chi connectivity index (χ3v) is 4.20. The average molecular weight is 286 g/mol. The van der Waals surface area contributed by atoms with Gasteiger partial charge in [-0.3, -0.25) is 4.79 Å². The molecule has 0 saturated carbocycles. The predicted molar refractivity (Wildman–Crippen MR) is 92.3 cm³/mol. The van der Waals surface area contributed by atoms with E-state index in [0.717, 1.165) is 37.7 Å². The van der Waals surface area contributed by atoms with Crippen LogP contribution in [-0.2, 0) is 4.79 Å². The maximum absolute atomic E-state index is 12.5. The number of hydrogen-bond acceptors (Lipinski definition) is 1. The van der Waals surface area contributed by atoms with E-state index in [0.29, 0.717) is 12.2 Å². The van der Waals surface area contributed by atoms with Crippen LogP contribution in [0.25, 0.3) is 0 Å². The summed E-state index contributed by atoms with van der Waals surface area (Å²) >= 11 is 0. The molecule has 0 bridgehead atoms. The molecule has 21 heavy (non-hydrogen) atoms. The van der Waals surface area contributed by atoms with Crippen molar-refractivity contribution < 1.29 is 4.79 Å². The van der Waals surface area contributed by atoms with Crippen molar-refractivity contribution in [3.05, 3.63) is 47.1 Å². The predicted octanol–water partition coefficient (Wildman–Crippen LogP) is 5.94. The fourth-order valence-electron chi connectivity index (χ4n) is 2.69. The van der Waals surface area contributed by atoms with Gasteiger partial charge in [-0.25, -0.2) is 0 Å². The minimum absolute atomic E-state index is 0.0245. The summed E-state index contributed by atoms with van der Waals surface area (Å²) in [7, 11) is 0. The Morgan fingerprint density at radius 1 is 1.00 bits per heavy atom. The summed E-state index contributed by atoms with van der Waals surface area (Å²) in [6.45, 7) is 12.4. The Bertz CT molecular complexity index is 474. The Morgan fingerprint density at radius 2 is 1.52 bits per heavy atom. The first-order chi connectivity index (χ1) is 9.90. The van der Waals surface area contributed by atoms with E-state index in [-0.39, 0.29) is 5.92 Å². The maximum Gasteiger partial charge on any atom is 0.144 e. The van der Waals surface area contributed by atoms with Gasteiger partial charge in [-0.05, 0) is 59.8 Å². The van der Waals surface area contributed by atoms with E-state index >= 15 is 0 Å².